The number of benzene rings is 1. The molecule has 0 saturated carbocycles. The van der Waals surface area contributed by atoms with E-state index < -0.39 is 41.5 Å². The lowest BCUT2D eigenvalue weighted by Crippen LogP contribution is -2.61. The molecule has 0 fully saturated rings. The van der Waals surface area contributed by atoms with Crippen molar-refractivity contribution in [2.75, 3.05) is 11.5 Å². The minimum atomic E-state index is -5.13. The molecule has 0 bridgehead atoms. The van der Waals surface area contributed by atoms with Crippen LogP contribution in [0, 0.1) is 12.5 Å². The van der Waals surface area contributed by atoms with Crippen molar-refractivity contribution < 1.29 is 27.6 Å². The molecule has 2 amide bonds. The van der Waals surface area contributed by atoms with Gasteiger partial charge in [0.25, 0.3) is 0 Å². The van der Waals surface area contributed by atoms with E-state index in [2.05, 4.69) is 0 Å². The Bertz CT molecular complexity index is 611. The first kappa shape index (κ1) is 15.1. The molecule has 21 heavy (non-hydrogen) atoms. The number of aliphatic hydroxyl groups excluding tert-OH is 1. The first-order chi connectivity index (χ1) is 9.81. The molecule has 2 rings (SSSR count). The number of alkyl halides is 3. The summed E-state index contributed by atoms with van der Waals surface area (Å²) in [6.07, 6.45) is -1.09. The fourth-order valence-electron chi connectivity index (χ4n) is 2.40. The number of rotatable bonds is 2. The number of anilines is 1. The number of para-hydroxylation sites is 1. The first-order valence-corrected chi connectivity index (χ1v) is 5.84. The van der Waals surface area contributed by atoms with Crippen molar-refractivity contribution >= 4 is 11.7 Å². The van der Waals surface area contributed by atoms with Crippen LogP contribution in [0.15, 0.2) is 24.3 Å². The molecule has 1 aromatic rings. The monoisotopic (exact) mass is 302 g/mol. The average molecular weight is 302 g/mol. The van der Waals surface area contributed by atoms with E-state index in [0.29, 0.717) is 4.90 Å². The van der Waals surface area contributed by atoms with Crippen molar-refractivity contribution in [2.45, 2.75) is 18.1 Å². The van der Waals surface area contributed by atoms with Crippen molar-refractivity contribution in [3.8, 4) is 12.5 Å². The Morgan fingerprint density at radius 1 is 1.33 bits per heavy atom. The summed E-state index contributed by atoms with van der Waals surface area (Å²) in [4.78, 5) is 12.3. The summed E-state index contributed by atoms with van der Waals surface area (Å²) in [5.41, 5.74) is -4.01. The molecular weight excluding hydrogens is 292 g/mol. The number of nitrogens with zero attached hydrogens (tertiary/aromatic N) is 2. The fourth-order valence-corrected chi connectivity index (χ4v) is 2.40. The molecule has 4 nitrogen and oxygen atoms in total. The number of aliphatic hydroxyl groups is 1. The maximum Gasteiger partial charge on any atom is 0.418 e. The normalized spacial score (nSPS) is 22.0. The quantitative estimate of drug-likeness (QED) is 0.518. The highest BCUT2D eigenvalue weighted by atomic mass is 19.4. The lowest BCUT2D eigenvalue weighted by atomic mass is 9.82. The Morgan fingerprint density at radius 2 is 1.95 bits per heavy atom. The van der Waals surface area contributed by atoms with Gasteiger partial charge in [-0.1, -0.05) is 29.1 Å². The molecule has 1 aromatic carbocycles. The van der Waals surface area contributed by atoms with Gasteiger partial charge in [0.2, 0.25) is 5.54 Å². The van der Waals surface area contributed by atoms with Crippen molar-refractivity contribution in [1.29, 1.82) is 0 Å². The second-order valence-electron chi connectivity index (χ2n) is 4.38. The van der Waals surface area contributed by atoms with Crippen LogP contribution >= 0.6 is 0 Å². The summed E-state index contributed by atoms with van der Waals surface area (Å²) >= 11 is 0. The Morgan fingerprint density at radius 3 is 2.48 bits per heavy atom. The molecule has 0 aromatic heterocycles. The molecule has 0 spiro atoms. The second kappa shape index (κ2) is 4.93. The number of amides is 2. The smallest absolute Gasteiger partial charge is 0.396 e. The average Bonchev–Trinajstić information content (AvgIpc) is 2.43. The standard InChI is InChI=1S/C13H10F4N2O2/c1-2-18-10-6-4-3-5-9(10)12(7-8-20,13(14,15)16)19(17)11(18)21/h1,3-6,20H,7-8H2. The van der Waals surface area contributed by atoms with E-state index in [-0.39, 0.29) is 5.69 Å². The van der Waals surface area contributed by atoms with Crippen LogP contribution in [0.3, 0.4) is 0 Å². The van der Waals surface area contributed by atoms with E-state index in [1.807, 2.05) is 6.04 Å². The van der Waals surface area contributed by atoms with Crippen molar-refractivity contribution in [3.63, 3.8) is 0 Å². The number of hydrogen-bond acceptors (Lipinski definition) is 2. The molecule has 1 aliphatic heterocycles. The molecule has 0 radical (unpaired) electrons. The van der Waals surface area contributed by atoms with Crippen LogP contribution in [0.2, 0.25) is 0 Å². The maximum atomic E-state index is 14.2. The van der Waals surface area contributed by atoms with Crippen LogP contribution in [-0.2, 0) is 5.54 Å². The Balaban J connectivity index is 2.81. The molecule has 112 valence electrons. The van der Waals surface area contributed by atoms with E-state index >= 15 is 0 Å². The lowest BCUT2D eigenvalue weighted by Gasteiger charge is -2.45. The number of fused-ring (bicyclic) bond motifs is 1. The first-order valence-electron chi connectivity index (χ1n) is 5.84. The zero-order valence-electron chi connectivity index (χ0n) is 10.6. The number of hydrogen-bond donors (Lipinski definition) is 1. The van der Waals surface area contributed by atoms with E-state index in [9.17, 15) is 22.4 Å². The predicted octanol–water partition coefficient (Wildman–Crippen LogP) is 2.54. The zero-order chi connectivity index (χ0) is 15.8. The van der Waals surface area contributed by atoms with Crippen molar-refractivity contribution in [1.82, 2.24) is 5.12 Å². The summed E-state index contributed by atoms with van der Waals surface area (Å²) in [5.74, 6) is 0. The van der Waals surface area contributed by atoms with Gasteiger partial charge in [-0.3, -0.25) is 0 Å². The molecule has 1 atom stereocenters. The SMILES string of the molecule is C#CN1C(=O)N(F)C(CCO)(C(F)(F)F)c2ccccc21. The van der Waals surface area contributed by atoms with E-state index in [1.165, 1.54) is 18.2 Å². The van der Waals surface area contributed by atoms with E-state index in [0.717, 1.165) is 6.07 Å². The number of carbonyl (C=O) groups excluding carboxylic acids is 1. The number of carbonyl (C=O) groups is 1. The fraction of sp³-hybridized carbons (Fsp3) is 0.308. The molecule has 1 aliphatic rings. The summed E-state index contributed by atoms with van der Waals surface area (Å²) in [6, 6.07) is 5.09. The van der Waals surface area contributed by atoms with Crippen LogP contribution in [0.5, 0.6) is 0 Å². The van der Waals surface area contributed by atoms with Crippen LogP contribution in [0.25, 0.3) is 0 Å². The number of urea groups is 1. The molecule has 1 N–H and O–H groups in total. The van der Waals surface area contributed by atoms with Crippen molar-refractivity contribution in [3.05, 3.63) is 29.8 Å². The third-order valence-corrected chi connectivity index (χ3v) is 3.36. The summed E-state index contributed by atoms with van der Waals surface area (Å²) in [6.45, 7) is -0.961. The van der Waals surface area contributed by atoms with Crippen molar-refractivity contribution in [2.24, 2.45) is 0 Å². The highest BCUT2D eigenvalue weighted by Gasteiger charge is 2.65. The Labute approximate surface area is 117 Å². The van der Waals surface area contributed by atoms with Crippen LogP contribution in [0.1, 0.15) is 12.0 Å². The number of terminal acetylenes is 1. The van der Waals surface area contributed by atoms with Gasteiger partial charge in [-0.15, -0.1) is 5.12 Å². The third-order valence-electron chi connectivity index (χ3n) is 3.36. The van der Waals surface area contributed by atoms with Gasteiger partial charge in [0.05, 0.1) is 5.69 Å². The lowest BCUT2D eigenvalue weighted by molar-refractivity contribution is -0.266. The van der Waals surface area contributed by atoms with Gasteiger partial charge in [0.1, 0.15) is 0 Å². The van der Waals surface area contributed by atoms with Crippen LogP contribution in [0.4, 0.5) is 28.1 Å². The zero-order valence-corrected chi connectivity index (χ0v) is 10.6. The van der Waals surface area contributed by atoms with Gasteiger partial charge < -0.3 is 5.11 Å². The molecule has 1 unspecified atom stereocenters. The molecule has 0 saturated heterocycles. The maximum absolute atomic E-state index is 14.2. The van der Waals surface area contributed by atoms with E-state index in [4.69, 9.17) is 11.5 Å². The van der Waals surface area contributed by atoms with Gasteiger partial charge in [-0.2, -0.15) is 13.2 Å². The Hall–Kier alpha value is -2.27. The largest absolute Gasteiger partial charge is 0.418 e. The summed E-state index contributed by atoms with van der Waals surface area (Å²) < 4.78 is 54.7. The van der Waals surface area contributed by atoms with Gasteiger partial charge in [0, 0.05) is 24.6 Å². The summed E-state index contributed by atoms with van der Waals surface area (Å²) in [5, 5.41) is 7.99. The minimum absolute atomic E-state index is 0.232. The molecule has 1 heterocycles. The van der Waals surface area contributed by atoms with Crippen LogP contribution < -0.4 is 4.90 Å². The van der Waals surface area contributed by atoms with Gasteiger partial charge >= 0.3 is 12.2 Å². The van der Waals surface area contributed by atoms with Crippen LogP contribution in [-0.4, -0.2) is 29.0 Å². The van der Waals surface area contributed by atoms with Gasteiger partial charge in [0.15, 0.2) is 0 Å². The minimum Gasteiger partial charge on any atom is -0.396 e. The van der Waals surface area contributed by atoms with Gasteiger partial charge in [-0.05, 0) is 6.07 Å². The predicted molar refractivity (Wildman–Crippen MR) is 65.5 cm³/mol. The second-order valence-corrected chi connectivity index (χ2v) is 4.38. The molecular formula is C13H10F4N2O2. The molecule has 0 aliphatic carbocycles. The topological polar surface area (TPSA) is 43.8 Å². The summed E-state index contributed by atoms with van der Waals surface area (Å²) in [7, 11) is 0. The highest BCUT2D eigenvalue weighted by molar-refractivity contribution is 5.98. The van der Waals surface area contributed by atoms with Gasteiger partial charge in [-0.25, -0.2) is 9.69 Å². The Kier molecular flexibility index (Phi) is 3.55. The number of halogens is 4. The third kappa shape index (κ3) is 1.93. The highest BCUT2D eigenvalue weighted by Crippen LogP contribution is 2.52. The molecule has 8 heteroatoms. The van der Waals surface area contributed by atoms with E-state index in [1.54, 1.807) is 0 Å².